The lowest BCUT2D eigenvalue weighted by atomic mass is 10.2. The van der Waals surface area contributed by atoms with Crippen LogP contribution in [0.2, 0.25) is 0 Å². The van der Waals surface area contributed by atoms with Crippen LogP contribution in [-0.4, -0.2) is 31.3 Å². The zero-order chi connectivity index (χ0) is 17.2. The molecule has 0 saturated carbocycles. The molecule has 1 aromatic carbocycles. The van der Waals surface area contributed by atoms with Crippen molar-refractivity contribution in [1.82, 2.24) is 19.8 Å². The maximum atomic E-state index is 12.6. The van der Waals surface area contributed by atoms with Crippen LogP contribution in [0.5, 0.6) is 0 Å². The van der Waals surface area contributed by atoms with Gasteiger partial charge in [-0.25, -0.2) is 0 Å². The molecule has 0 aliphatic rings. The molecule has 25 heavy (non-hydrogen) atoms. The Kier molecular flexibility index (Phi) is 4.43. The second-order valence-corrected chi connectivity index (χ2v) is 8.10. The third-order valence-corrected chi connectivity index (χ3v) is 6.28. The van der Waals surface area contributed by atoms with E-state index < -0.39 is 0 Å². The van der Waals surface area contributed by atoms with Gasteiger partial charge in [0.05, 0.1) is 10.6 Å². The predicted octanol–water partition coefficient (Wildman–Crippen LogP) is 3.25. The third-order valence-electron chi connectivity index (χ3n) is 3.34. The number of rotatable bonds is 5. The zero-order valence-electron chi connectivity index (χ0n) is 12.7. The van der Waals surface area contributed by atoms with Crippen LogP contribution in [0, 0.1) is 0 Å². The molecule has 124 valence electrons. The summed E-state index contributed by atoms with van der Waals surface area (Å²) in [6.45, 7) is 0. The summed E-state index contributed by atoms with van der Waals surface area (Å²) in [6.07, 6.45) is 0. The van der Waals surface area contributed by atoms with Crippen molar-refractivity contribution in [3.05, 3.63) is 63.1 Å². The summed E-state index contributed by atoms with van der Waals surface area (Å²) >= 11 is 3.96. The molecule has 3 heterocycles. The molecule has 0 aliphatic heterocycles. The van der Waals surface area contributed by atoms with E-state index in [2.05, 4.69) is 15.3 Å². The molecule has 0 aliphatic carbocycles. The molecule has 0 amide bonds. The number of ketones is 1. The fourth-order valence-corrected chi connectivity index (χ4v) is 4.68. The summed E-state index contributed by atoms with van der Waals surface area (Å²) in [5.41, 5.74) is 0.642. The van der Waals surface area contributed by atoms with Gasteiger partial charge in [-0.2, -0.15) is 4.52 Å². The summed E-state index contributed by atoms with van der Waals surface area (Å²) in [7, 11) is 0. The molecule has 0 spiro atoms. The van der Waals surface area contributed by atoms with Crippen LogP contribution in [0.4, 0.5) is 0 Å². The van der Waals surface area contributed by atoms with Crippen molar-refractivity contribution < 1.29 is 4.79 Å². The summed E-state index contributed by atoms with van der Waals surface area (Å²) in [6, 6.07) is 12.8. The third kappa shape index (κ3) is 3.26. The number of carbonyl (C=O) groups excluding carboxylic acids is 1. The van der Waals surface area contributed by atoms with Crippen molar-refractivity contribution >= 4 is 45.2 Å². The predicted molar refractivity (Wildman–Crippen MR) is 99.7 cm³/mol. The Hall–Kier alpha value is -2.36. The molecule has 0 N–H and O–H groups in total. The number of carbonyl (C=O) groups is 1. The van der Waals surface area contributed by atoms with Gasteiger partial charge in [0.2, 0.25) is 4.96 Å². The fourth-order valence-electron chi connectivity index (χ4n) is 2.17. The van der Waals surface area contributed by atoms with E-state index in [1.165, 1.54) is 39.0 Å². The maximum Gasteiger partial charge on any atom is 0.302 e. The van der Waals surface area contributed by atoms with Crippen LogP contribution >= 0.6 is 34.4 Å². The van der Waals surface area contributed by atoms with Gasteiger partial charge in [-0.15, -0.1) is 26.6 Å². The lowest BCUT2D eigenvalue weighted by molar-refractivity contribution is 0.102. The normalized spacial score (nSPS) is 11.0. The Morgan fingerprint density at radius 1 is 1.12 bits per heavy atom. The Balaban J connectivity index is 1.61. The lowest BCUT2D eigenvalue weighted by Crippen LogP contribution is -2.19. The number of thioether (sulfide) groups is 1. The maximum absolute atomic E-state index is 12.6. The molecule has 6 nitrogen and oxygen atoms in total. The van der Waals surface area contributed by atoms with Gasteiger partial charge in [-0.05, 0) is 11.4 Å². The van der Waals surface area contributed by atoms with Crippen LogP contribution in [-0.2, 0) is 0 Å². The molecule has 0 radical (unpaired) electrons. The van der Waals surface area contributed by atoms with Gasteiger partial charge in [0, 0.05) is 5.56 Å². The van der Waals surface area contributed by atoms with Crippen LogP contribution in [0.1, 0.15) is 9.67 Å². The number of thiophene rings is 1. The number of benzene rings is 1. The summed E-state index contributed by atoms with van der Waals surface area (Å²) in [4.78, 5) is 25.8. The Morgan fingerprint density at radius 3 is 2.72 bits per heavy atom. The smallest absolute Gasteiger partial charge is 0.292 e. The quantitative estimate of drug-likeness (QED) is 0.387. The first-order valence-corrected chi connectivity index (χ1v) is 9.92. The van der Waals surface area contributed by atoms with E-state index in [-0.39, 0.29) is 22.8 Å². The van der Waals surface area contributed by atoms with E-state index >= 15 is 0 Å². The molecule has 0 bridgehead atoms. The Labute approximate surface area is 154 Å². The number of hydrogen-bond donors (Lipinski definition) is 0. The van der Waals surface area contributed by atoms with Gasteiger partial charge >= 0.3 is 5.56 Å². The molecular formula is C16H10N4O2S3. The first-order chi connectivity index (χ1) is 12.2. The second-order valence-electron chi connectivity index (χ2n) is 4.97. The van der Waals surface area contributed by atoms with E-state index in [1.54, 1.807) is 18.2 Å². The molecule has 9 heteroatoms. The average molecular weight is 386 g/mol. The van der Waals surface area contributed by atoms with Gasteiger partial charge in [0.15, 0.2) is 15.8 Å². The topological polar surface area (TPSA) is 77.2 Å². The minimum atomic E-state index is -0.316. The molecule has 0 saturated heterocycles. The molecular weight excluding hydrogens is 376 g/mol. The Morgan fingerprint density at radius 2 is 1.96 bits per heavy atom. The van der Waals surface area contributed by atoms with Gasteiger partial charge in [-0.3, -0.25) is 9.59 Å². The van der Waals surface area contributed by atoms with Gasteiger partial charge < -0.3 is 0 Å². The van der Waals surface area contributed by atoms with Gasteiger partial charge in [-0.1, -0.05) is 59.5 Å². The van der Waals surface area contributed by atoms with Crippen molar-refractivity contribution in [2.24, 2.45) is 0 Å². The van der Waals surface area contributed by atoms with Crippen molar-refractivity contribution in [2.45, 2.75) is 4.34 Å². The van der Waals surface area contributed by atoms with Crippen LogP contribution in [0.15, 0.2) is 57.0 Å². The van der Waals surface area contributed by atoms with Crippen LogP contribution < -0.4 is 5.56 Å². The van der Waals surface area contributed by atoms with Crippen molar-refractivity contribution in [3.8, 4) is 11.3 Å². The number of nitrogens with zero attached hydrogens (tertiary/aromatic N) is 4. The van der Waals surface area contributed by atoms with E-state index in [0.29, 0.717) is 14.9 Å². The first-order valence-electron chi connectivity index (χ1n) is 7.24. The largest absolute Gasteiger partial charge is 0.302 e. The van der Waals surface area contributed by atoms with Crippen LogP contribution in [0.3, 0.4) is 0 Å². The average Bonchev–Trinajstić information content (AvgIpc) is 3.31. The summed E-state index contributed by atoms with van der Waals surface area (Å²) < 4.78 is 1.86. The SMILES string of the molecule is O=C(CSc1nn2c(=O)c(-c3ccccc3)nnc2s1)c1cccs1. The highest BCUT2D eigenvalue weighted by Crippen LogP contribution is 2.25. The van der Waals surface area contributed by atoms with Crippen molar-refractivity contribution in [2.75, 3.05) is 5.75 Å². The van der Waals surface area contributed by atoms with E-state index in [4.69, 9.17) is 0 Å². The summed E-state index contributed by atoms with van der Waals surface area (Å²) in [5, 5.41) is 14.3. The highest BCUT2D eigenvalue weighted by Gasteiger charge is 2.15. The summed E-state index contributed by atoms with van der Waals surface area (Å²) in [5.74, 6) is 0.316. The van der Waals surface area contributed by atoms with E-state index in [0.717, 1.165) is 4.88 Å². The van der Waals surface area contributed by atoms with E-state index in [9.17, 15) is 9.59 Å². The Bertz CT molecular complexity index is 1090. The first kappa shape index (κ1) is 16.1. The number of hydrogen-bond acceptors (Lipinski definition) is 8. The van der Waals surface area contributed by atoms with E-state index in [1.807, 2.05) is 29.6 Å². The zero-order valence-corrected chi connectivity index (χ0v) is 15.1. The molecule has 0 unspecified atom stereocenters. The highest BCUT2D eigenvalue weighted by atomic mass is 32.2. The minimum Gasteiger partial charge on any atom is -0.292 e. The highest BCUT2D eigenvalue weighted by molar-refractivity contribution is 8.01. The monoisotopic (exact) mass is 386 g/mol. The lowest BCUT2D eigenvalue weighted by Gasteiger charge is -1.97. The molecule has 0 atom stereocenters. The molecule has 4 rings (SSSR count). The number of Topliss-reactive ketones (excluding diaryl/α,β-unsaturated/α-hetero) is 1. The van der Waals surface area contributed by atoms with Gasteiger partial charge in [0.25, 0.3) is 0 Å². The molecule has 4 aromatic rings. The second kappa shape index (κ2) is 6.87. The van der Waals surface area contributed by atoms with Gasteiger partial charge in [0.1, 0.15) is 0 Å². The molecule has 3 aromatic heterocycles. The fraction of sp³-hybridized carbons (Fsp3) is 0.0625. The van der Waals surface area contributed by atoms with Crippen molar-refractivity contribution in [1.29, 1.82) is 0 Å². The number of aromatic nitrogens is 4. The van der Waals surface area contributed by atoms with Crippen molar-refractivity contribution in [3.63, 3.8) is 0 Å². The minimum absolute atomic E-state index is 0.0441. The standard InChI is InChI=1S/C16H10N4O2S3/c21-11(12-7-4-8-23-12)9-24-16-19-20-14(22)13(17-18-15(20)25-16)10-5-2-1-3-6-10/h1-8H,9H2. The van der Waals surface area contributed by atoms with Crippen LogP contribution in [0.25, 0.3) is 16.2 Å². The molecule has 0 fully saturated rings. The number of fused-ring (bicyclic) bond motifs is 1.